The molecule has 1 fully saturated rings. The standard InChI is InChI=1S/C8H15NO2.2C2H6/c1-7-2-4-9(5-3-7)8(11)6-10;2*1-2/h7,10H,2-6H2,1H3;2*1-2H3. The van der Waals surface area contributed by atoms with Crippen LogP contribution >= 0.6 is 0 Å². The van der Waals surface area contributed by atoms with Crippen LogP contribution in [-0.2, 0) is 4.79 Å². The highest BCUT2D eigenvalue weighted by Gasteiger charge is 2.18. The lowest BCUT2D eigenvalue weighted by Crippen LogP contribution is -2.39. The van der Waals surface area contributed by atoms with Crippen molar-refractivity contribution >= 4 is 5.91 Å². The molecule has 3 heteroatoms. The first kappa shape index (κ1) is 16.8. The number of carbonyl (C=O) groups excluding carboxylic acids is 1. The van der Waals surface area contributed by atoms with Crippen LogP contribution in [0.25, 0.3) is 0 Å². The van der Waals surface area contributed by atoms with Gasteiger partial charge in [0, 0.05) is 13.1 Å². The van der Waals surface area contributed by atoms with Crippen LogP contribution in [0.2, 0.25) is 0 Å². The fourth-order valence-electron chi connectivity index (χ4n) is 1.36. The quantitative estimate of drug-likeness (QED) is 0.732. The molecule has 0 radical (unpaired) electrons. The Morgan fingerprint density at radius 3 is 1.93 bits per heavy atom. The number of aliphatic hydroxyl groups is 1. The summed E-state index contributed by atoms with van der Waals surface area (Å²) in [6.45, 7) is 11.5. The molecule has 3 nitrogen and oxygen atoms in total. The van der Waals surface area contributed by atoms with E-state index in [1.165, 1.54) is 0 Å². The Bertz CT molecular complexity index is 141. The van der Waals surface area contributed by atoms with E-state index < -0.39 is 0 Å². The summed E-state index contributed by atoms with van der Waals surface area (Å²) in [5.41, 5.74) is 0. The summed E-state index contributed by atoms with van der Waals surface area (Å²) < 4.78 is 0. The lowest BCUT2D eigenvalue weighted by molar-refractivity contribution is -0.135. The van der Waals surface area contributed by atoms with Crippen molar-refractivity contribution in [1.29, 1.82) is 0 Å². The normalized spacial score (nSPS) is 15.7. The number of likely N-dealkylation sites (tertiary alicyclic amines) is 1. The smallest absolute Gasteiger partial charge is 0.248 e. The van der Waals surface area contributed by atoms with Crippen molar-refractivity contribution in [1.82, 2.24) is 4.90 Å². The summed E-state index contributed by atoms with van der Waals surface area (Å²) in [5.74, 6) is 0.606. The van der Waals surface area contributed by atoms with Crippen molar-refractivity contribution in [3.05, 3.63) is 0 Å². The molecule has 0 bridgehead atoms. The van der Waals surface area contributed by atoms with Gasteiger partial charge in [0.2, 0.25) is 5.91 Å². The summed E-state index contributed by atoms with van der Waals surface area (Å²) in [7, 11) is 0. The molecule has 0 atom stereocenters. The second-order valence-electron chi connectivity index (χ2n) is 3.22. The number of piperidine rings is 1. The minimum Gasteiger partial charge on any atom is -0.387 e. The van der Waals surface area contributed by atoms with Crippen molar-refractivity contribution in [3.63, 3.8) is 0 Å². The van der Waals surface area contributed by atoms with Crippen LogP contribution in [0.1, 0.15) is 47.5 Å². The molecule has 1 heterocycles. The first-order chi connectivity index (χ1) is 7.24. The fraction of sp³-hybridized carbons (Fsp3) is 0.917. The van der Waals surface area contributed by atoms with Gasteiger partial charge in [-0.3, -0.25) is 4.79 Å². The number of hydrogen-bond donors (Lipinski definition) is 1. The van der Waals surface area contributed by atoms with E-state index in [9.17, 15) is 4.79 Å². The molecule has 0 unspecified atom stereocenters. The van der Waals surface area contributed by atoms with E-state index in [1.54, 1.807) is 4.90 Å². The zero-order chi connectivity index (χ0) is 12.3. The molecule has 0 aromatic heterocycles. The van der Waals surface area contributed by atoms with E-state index in [2.05, 4.69) is 6.92 Å². The molecular formula is C12H27NO2. The first-order valence-corrected chi connectivity index (χ1v) is 6.12. The summed E-state index contributed by atoms with van der Waals surface area (Å²) in [6, 6.07) is 0. The molecular weight excluding hydrogens is 190 g/mol. The van der Waals surface area contributed by atoms with Crippen LogP contribution in [0.15, 0.2) is 0 Å². The van der Waals surface area contributed by atoms with E-state index in [4.69, 9.17) is 5.11 Å². The predicted octanol–water partition coefficient (Wildman–Crippen LogP) is 2.29. The summed E-state index contributed by atoms with van der Waals surface area (Å²) >= 11 is 0. The van der Waals surface area contributed by atoms with Crippen molar-refractivity contribution in [2.24, 2.45) is 5.92 Å². The van der Waals surface area contributed by atoms with Gasteiger partial charge >= 0.3 is 0 Å². The Morgan fingerprint density at radius 1 is 1.20 bits per heavy atom. The second kappa shape index (κ2) is 11.5. The number of amides is 1. The zero-order valence-corrected chi connectivity index (χ0v) is 10.9. The van der Waals surface area contributed by atoms with Crippen LogP contribution in [0.3, 0.4) is 0 Å². The van der Waals surface area contributed by atoms with Crippen molar-refractivity contribution in [2.45, 2.75) is 47.5 Å². The van der Waals surface area contributed by atoms with Gasteiger partial charge in [0.1, 0.15) is 6.61 Å². The maximum absolute atomic E-state index is 10.9. The Hall–Kier alpha value is -0.570. The molecule has 0 aliphatic carbocycles. The zero-order valence-electron chi connectivity index (χ0n) is 10.9. The third-order valence-electron chi connectivity index (χ3n) is 2.27. The molecule has 1 aliphatic rings. The largest absolute Gasteiger partial charge is 0.387 e. The first-order valence-electron chi connectivity index (χ1n) is 6.12. The van der Waals surface area contributed by atoms with Gasteiger partial charge in [-0.25, -0.2) is 0 Å². The fourth-order valence-corrected chi connectivity index (χ4v) is 1.36. The molecule has 1 saturated heterocycles. The topological polar surface area (TPSA) is 40.5 Å². The minimum atomic E-state index is -0.339. The van der Waals surface area contributed by atoms with E-state index >= 15 is 0 Å². The number of aliphatic hydroxyl groups excluding tert-OH is 1. The van der Waals surface area contributed by atoms with E-state index in [0.29, 0.717) is 0 Å². The minimum absolute atomic E-state index is 0.128. The highest BCUT2D eigenvalue weighted by Crippen LogP contribution is 2.15. The highest BCUT2D eigenvalue weighted by molar-refractivity contribution is 5.77. The Kier molecular flexibility index (Phi) is 12.9. The van der Waals surface area contributed by atoms with Gasteiger partial charge in [0.15, 0.2) is 0 Å². The number of carbonyl (C=O) groups is 1. The summed E-state index contributed by atoms with van der Waals surface area (Å²) in [4.78, 5) is 12.7. The van der Waals surface area contributed by atoms with Crippen molar-refractivity contribution in [2.75, 3.05) is 19.7 Å². The van der Waals surface area contributed by atoms with Crippen LogP contribution < -0.4 is 0 Å². The Labute approximate surface area is 94.5 Å². The molecule has 92 valence electrons. The van der Waals surface area contributed by atoms with Crippen molar-refractivity contribution in [3.8, 4) is 0 Å². The maximum atomic E-state index is 10.9. The molecule has 0 aromatic rings. The van der Waals surface area contributed by atoms with Crippen LogP contribution in [0.4, 0.5) is 0 Å². The Morgan fingerprint density at radius 2 is 1.60 bits per heavy atom. The summed E-state index contributed by atoms with van der Waals surface area (Å²) in [5, 5.41) is 8.56. The average molecular weight is 217 g/mol. The van der Waals surface area contributed by atoms with E-state index in [1.807, 2.05) is 27.7 Å². The molecule has 1 amide bonds. The lowest BCUT2D eigenvalue weighted by Gasteiger charge is -2.29. The van der Waals surface area contributed by atoms with Gasteiger partial charge in [-0.2, -0.15) is 0 Å². The highest BCUT2D eigenvalue weighted by atomic mass is 16.3. The predicted molar refractivity (Wildman–Crippen MR) is 64.8 cm³/mol. The molecule has 0 spiro atoms. The van der Waals surface area contributed by atoms with Gasteiger partial charge in [-0.1, -0.05) is 34.6 Å². The maximum Gasteiger partial charge on any atom is 0.248 e. The third-order valence-corrected chi connectivity index (χ3v) is 2.27. The van der Waals surface area contributed by atoms with Crippen LogP contribution in [-0.4, -0.2) is 35.6 Å². The average Bonchev–Trinajstić information content (AvgIpc) is 2.34. The number of nitrogens with zero attached hydrogens (tertiary/aromatic N) is 1. The van der Waals surface area contributed by atoms with Gasteiger partial charge in [0.05, 0.1) is 0 Å². The molecule has 1 rings (SSSR count). The Balaban J connectivity index is 0. The van der Waals surface area contributed by atoms with E-state index in [0.717, 1.165) is 31.8 Å². The van der Waals surface area contributed by atoms with Gasteiger partial charge in [-0.15, -0.1) is 0 Å². The SMILES string of the molecule is CC.CC.CC1CCN(C(=O)CO)CC1. The van der Waals surface area contributed by atoms with Crippen LogP contribution in [0.5, 0.6) is 0 Å². The third kappa shape index (κ3) is 7.37. The molecule has 1 aliphatic heterocycles. The molecule has 0 aromatic carbocycles. The number of rotatable bonds is 1. The lowest BCUT2D eigenvalue weighted by atomic mass is 9.99. The van der Waals surface area contributed by atoms with Crippen molar-refractivity contribution < 1.29 is 9.90 Å². The second-order valence-corrected chi connectivity index (χ2v) is 3.22. The van der Waals surface area contributed by atoms with Crippen LogP contribution in [0, 0.1) is 5.92 Å². The molecule has 0 saturated carbocycles. The van der Waals surface area contributed by atoms with Gasteiger partial charge < -0.3 is 10.0 Å². The van der Waals surface area contributed by atoms with Gasteiger partial charge in [0.25, 0.3) is 0 Å². The van der Waals surface area contributed by atoms with Gasteiger partial charge in [-0.05, 0) is 18.8 Å². The summed E-state index contributed by atoms with van der Waals surface area (Å²) in [6.07, 6.45) is 2.15. The van der Waals surface area contributed by atoms with E-state index in [-0.39, 0.29) is 12.5 Å². The number of hydrogen-bond acceptors (Lipinski definition) is 2. The monoisotopic (exact) mass is 217 g/mol. The molecule has 1 N–H and O–H groups in total. The molecule has 15 heavy (non-hydrogen) atoms.